The Morgan fingerprint density at radius 2 is 2.15 bits per heavy atom. The van der Waals surface area contributed by atoms with E-state index >= 15 is 0 Å². The molecule has 3 heterocycles. The summed E-state index contributed by atoms with van der Waals surface area (Å²) >= 11 is 1.42. The summed E-state index contributed by atoms with van der Waals surface area (Å²) in [5, 5.41) is 3.40. The number of hydrogen-bond donors (Lipinski definition) is 1. The Morgan fingerprint density at radius 1 is 1.38 bits per heavy atom. The van der Waals surface area contributed by atoms with Crippen molar-refractivity contribution < 1.29 is 9.13 Å². The number of benzene rings is 1. The maximum absolute atomic E-state index is 14.4. The van der Waals surface area contributed by atoms with Crippen molar-refractivity contribution in [3.8, 4) is 0 Å². The van der Waals surface area contributed by atoms with E-state index in [0.29, 0.717) is 23.6 Å². The number of H-pyrrole nitrogens is 1. The van der Waals surface area contributed by atoms with Crippen LogP contribution in [0.2, 0.25) is 0 Å². The van der Waals surface area contributed by atoms with Crippen molar-refractivity contribution >= 4 is 22.6 Å². The Bertz CT molecular complexity index is 931. The van der Waals surface area contributed by atoms with E-state index in [1.165, 1.54) is 17.8 Å². The first-order valence-corrected chi connectivity index (χ1v) is 9.68. The number of ether oxygens (including phenoxy) is 1. The number of nitrogens with one attached hydrogen (secondary N) is 1. The molecule has 0 amide bonds. The predicted octanol–water partition coefficient (Wildman–Crippen LogP) is 4.33. The molecule has 1 N–H and O–H groups in total. The van der Waals surface area contributed by atoms with Crippen molar-refractivity contribution in [3.63, 3.8) is 0 Å². The first-order valence-electron chi connectivity index (χ1n) is 8.80. The number of nitrogens with zero attached hydrogens (tertiary/aromatic N) is 2. The molecule has 5 nitrogen and oxygen atoms in total. The molecule has 1 saturated heterocycles. The summed E-state index contributed by atoms with van der Waals surface area (Å²) < 4.78 is 22.1. The van der Waals surface area contributed by atoms with Crippen molar-refractivity contribution in [2.75, 3.05) is 6.61 Å². The molecular formula is C19H22FN3O2S. The van der Waals surface area contributed by atoms with Crippen LogP contribution in [0.15, 0.2) is 34.1 Å². The van der Waals surface area contributed by atoms with Gasteiger partial charge in [0.15, 0.2) is 5.82 Å². The number of thioether (sulfide) groups is 1. The molecule has 0 spiro atoms. The summed E-state index contributed by atoms with van der Waals surface area (Å²) in [6.07, 6.45) is 1.60. The smallest absolute Gasteiger partial charge is 0.271 e. The molecule has 2 aliphatic heterocycles. The largest absolute Gasteiger partial charge is 0.375 e. The maximum atomic E-state index is 14.4. The third-order valence-electron chi connectivity index (χ3n) is 4.97. The van der Waals surface area contributed by atoms with E-state index in [0.717, 1.165) is 17.9 Å². The van der Waals surface area contributed by atoms with E-state index in [2.05, 4.69) is 23.9 Å². The average molecular weight is 375 g/mol. The normalized spacial score (nSPS) is 24.8. The van der Waals surface area contributed by atoms with Crippen LogP contribution in [0.3, 0.4) is 0 Å². The minimum Gasteiger partial charge on any atom is -0.375 e. The molecule has 1 aromatic carbocycles. The maximum Gasteiger partial charge on any atom is 0.271 e. The van der Waals surface area contributed by atoms with Crippen molar-refractivity contribution in [1.82, 2.24) is 9.78 Å². The Labute approximate surface area is 155 Å². The highest BCUT2D eigenvalue weighted by Crippen LogP contribution is 2.46. The second-order valence-corrected chi connectivity index (χ2v) is 8.75. The third kappa shape index (κ3) is 3.03. The number of rotatable bonds is 2. The van der Waals surface area contributed by atoms with Gasteiger partial charge in [0.1, 0.15) is 5.82 Å². The zero-order valence-electron chi connectivity index (χ0n) is 15.1. The van der Waals surface area contributed by atoms with Crippen LogP contribution in [0, 0.1) is 5.82 Å². The Morgan fingerprint density at radius 3 is 2.88 bits per heavy atom. The molecule has 26 heavy (non-hydrogen) atoms. The molecule has 0 radical (unpaired) electrons. The zero-order chi connectivity index (χ0) is 18.5. The van der Waals surface area contributed by atoms with Crippen molar-refractivity contribution in [2.24, 2.45) is 4.99 Å². The predicted molar refractivity (Wildman–Crippen MR) is 102 cm³/mol. The lowest BCUT2D eigenvalue weighted by atomic mass is 9.94. The monoisotopic (exact) mass is 375 g/mol. The van der Waals surface area contributed by atoms with Gasteiger partial charge in [0.25, 0.3) is 5.56 Å². The number of aromatic nitrogens is 2. The van der Waals surface area contributed by atoms with Crippen LogP contribution < -0.4 is 5.56 Å². The van der Waals surface area contributed by atoms with Gasteiger partial charge in [0, 0.05) is 12.2 Å². The van der Waals surface area contributed by atoms with Gasteiger partial charge in [-0.15, -0.1) is 0 Å². The fraction of sp³-hybridized carbons (Fsp3) is 0.474. The quantitative estimate of drug-likeness (QED) is 0.850. The Kier molecular flexibility index (Phi) is 4.31. The highest BCUT2D eigenvalue weighted by Gasteiger charge is 2.36. The van der Waals surface area contributed by atoms with Gasteiger partial charge < -0.3 is 4.74 Å². The first kappa shape index (κ1) is 17.5. The minimum absolute atomic E-state index is 0.108. The number of halogens is 1. The number of fused-ring (bicyclic) bond motifs is 1. The van der Waals surface area contributed by atoms with Crippen LogP contribution >= 0.6 is 11.8 Å². The Hall–Kier alpha value is -1.86. The molecule has 2 atom stereocenters. The molecule has 2 aliphatic rings. The molecular weight excluding hydrogens is 353 g/mol. The lowest BCUT2D eigenvalue weighted by Gasteiger charge is -2.36. The van der Waals surface area contributed by atoms with Crippen molar-refractivity contribution in [3.05, 3.63) is 51.6 Å². The molecule has 4 rings (SSSR count). The van der Waals surface area contributed by atoms with Gasteiger partial charge in [-0.1, -0.05) is 30.0 Å². The van der Waals surface area contributed by atoms with Gasteiger partial charge in [-0.25, -0.2) is 9.38 Å². The van der Waals surface area contributed by atoms with Gasteiger partial charge in [0.2, 0.25) is 0 Å². The lowest BCUT2D eigenvalue weighted by molar-refractivity contribution is -0.0705. The molecule has 2 aromatic rings. The average Bonchev–Trinajstić information content (AvgIpc) is 2.90. The van der Waals surface area contributed by atoms with Crippen molar-refractivity contribution in [2.45, 2.75) is 50.5 Å². The summed E-state index contributed by atoms with van der Waals surface area (Å²) in [6, 6.07) is 6.74. The van der Waals surface area contributed by atoms with Crippen LogP contribution in [0.5, 0.6) is 0 Å². The minimum atomic E-state index is -0.387. The number of hydrogen-bond acceptors (Lipinski definition) is 4. The zero-order valence-corrected chi connectivity index (χ0v) is 15.9. The summed E-state index contributed by atoms with van der Waals surface area (Å²) in [4.78, 5) is 17.4. The topological polar surface area (TPSA) is 59.4 Å². The van der Waals surface area contributed by atoms with E-state index in [1.807, 2.05) is 11.6 Å². The van der Waals surface area contributed by atoms with E-state index in [-0.39, 0.29) is 28.3 Å². The lowest BCUT2D eigenvalue weighted by Crippen LogP contribution is -2.35. The highest BCUT2D eigenvalue weighted by molar-refractivity contribution is 8.14. The summed E-state index contributed by atoms with van der Waals surface area (Å²) in [7, 11) is 0. The van der Waals surface area contributed by atoms with Crippen LogP contribution in [0.1, 0.15) is 56.0 Å². The van der Waals surface area contributed by atoms with Gasteiger partial charge in [-0.2, -0.15) is 0 Å². The highest BCUT2D eigenvalue weighted by atomic mass is 32.2. The van der Waals surface area contributed by atoms with E-state index in [4.69, 9.17) is 4.74 Å². The van der Waals surface area contributed by atoms with Gasteiger partial charge >= 0.3 is 0 Å². The molecule has 138 valence electrons. The molecule has 7 heteroatoms. The summed E-state index contributed by atoms with van der Waals surface area (Å²) in [6.45, 7) is 6.65. The molecule has 1 fully saturated rings. The standard InChI is InChI=1S/C19H22FN3O2S/c1-11-21-17-15(16(26-11)13-6-4-5-7-14(13)20)18(24)22-23(17)12-8-9-25-19(2,3)10-12/h4-7,12,16H,8-10H2,1-3H3,(H,22,24)/t12-,16+/m1/s1. The molecule has 0 unspecified atom stereocenters. The first-order chi connectivity index (χ1) is 12.4. The fourth-order valence-electron chi connectivity index (χ4n) is 3.80. The SMILES string of the molecule is CC1=Nc2c(c(=O)[nH]n2[C@@H]2CCOC(C)(C)C2)[C@H](c2ccccc2F)S1. The molecule has 0 bridgehead atoms. The van der Waals surface area contributed by atoms with Crippen molar-refractivity contribution in [1.29, 1.82) is 0 Å². The Balaban J connectivity index is 1.82. The second-order valence-electron chi connectivity index (χ2n) is 7.45. The number of aromatic amines is 1. The van der Waals surface area contributed by atoms with Crippen LogP contribution in [-0.2, 0) is 4.74 Å². The summed E-state index contributed by atoms with van der Waals surface area (Å²) in [5.74, 6) is 0.326. The van der Waals surface area contributed by atoms with E-state index in [9.17, 15) is 9.18 Å². The number of aliphatic imine (C=N–C) groups is 1. The molecule has 1 aromatic heterocycles. The van der Waals surface area contributed by atoms with Crippen LogP contribution in [0.25, 0.3) is 0 Å². The van der Waals surface area contributed by atoms with Crippen LogP contribution in [0.4, 0.5) is 10.2 Å². The fourth-order valence-corrected chi connectivity index (χ4v) is 4.93. The third-order valence-corrected chi connectivity index (χ3v) is 6.13. The van der Waals surface area contributed by atoms with Gasteiger partial charge in [-0.3, -0.25) is 14.6 Å². The van der Waals surface area contributed by atoms with Gasteiger partial charge in [-0.05, 0) is 39.7 Å². The van der Waals surface area contributed by atoms with Gasteiger partial charge in [0.05, 0.1) is 27.5 Å². The van der Waals surface area contributed by atoms with Crippen LogP contribution in [-0.4, -0.2) is 27.0 Å². The second kappa shape index (κ2) is 6.39. The van der Waals surface area contributed by atoms with E-state index in [1.54, 1.807) is 18.2 Å². The molecule has 0 saturated carbocycles. The summed E-state index contributed by atoms with van der Waals surface area (Å²) in [5.41, 5.74) is 0.615. The molecule has 0 aliphatic carbocycles. The van der Waals surface area contributed by atoms with E-state index < -0.39 is 0 Å².